The molecule has 57 valence electrons. The molecule has 0 amide bonds. The largest absolute Gasteiger partial charge is 0 e. The van der Waals surface area contributed by atoms with E-state index in [0.717, 1.165) is 0 Å². The van der Waals surface area contributed by atoms with Crippen molar-refractivity contribution in [1.82, 2.24) is 0 Å². The summed E-state index contributed by atoms with van der Waals surface area (Å²) in [6.07, 6.45) is 8.71. The minimum Gasteiger partial charge on any atom is 0 e. The predicted octanol–water partition coefficient (Wildman–Crippen LogP) is 2.55. The summed E-state index contributed by atoms with van der Waals surface area (Å²) in [7, 11) is 0. The molecule has 0 saturated heterocycles. The Morgan fingerprint density at radius 2 is 1.40 bits per heavy atom. The second-order valence-corrected chi connectivity index (χ2v) is 3.94. The molecule has 7 radical (unpaired) electrons. The van der Waals surface area contributed by atoms with Crippen LogP contribution in [0.4, 0.5) is 0 Å². The fraction of sp³-hybridized carbons (Fsp3) is 1.00. The van der Waals surface area contributed by atoms with Gasteiger partial charge in [0.25, 0.3) is 0 Å². The van der Waals surface area contributed by atoms with Gasteiger partial charge in [-0.2, -0.15) is 0 Å². The van der Waals surface area contributed by atoms with Gasteiger partial charge in [-0.3, -0.25) is 0 Å². The van der Waals surface area contributed by atoms with Crippen molar-refractivity contribution in [2.75, 3.05) is 0 Å². The molecule has 0 fully saturated rings. The van der Waals surface area contributed by atoms with Crippen LogP contribution in [0.2, 0.25) is 4.44 Å². The maximum atomic E-state index is 2.27. The minimum absolute atomic E-state index is 0. The summed E-state index contributed by atoms with van der Waals surface area (Å²) in [6, 6.07) is 0. The van der Waals surface area contributed by atoms with Crippen molar-refractivity contribution < 1.29 is 0 Å². The SMILES string of the molecule is CCCCCCC[CH2][Sn].[Sn]. The van der Waals surface area contributed by atoms with Crippen LogP contribution in [0.1, 0.15) is 45.4 Å². The van der Waals surface area contributed by atoms with Crippen LogP contribution in [0.5, 0.6) is 0 Å². The fourth-order valence-corrected chi connectivity index (χ4v) is 1.62. The van der Waals surface area contributed by atoms with E-state index in [4.69, 9.17) is 0 Å². The zero-order valence-corrected chi connectivity index (χ0v) is 12.7. The molecule has 0 aliphatic heterocycles. The molecule has 0 rings (SSSR count). The zero-order chi connectivity index (χ0) is 6.95. The van der Waals surface area contributed by atoms with E-state index in [0.29, 0.717) is 0 Å². The molecule has 0 nitrogen and oxygen atoms in total. The van der Waals surface area contributed by atoms with Gasteiger partial charge in [0, 0.05) is 23.9 Å². The van der Waals surface area contributed by atoms with E-state index in [1.54, 1.807) is 22.5 Å². The van der Waals surface area contributed by atoms with Gasteiger partial charge in [0.05, 0.1) is 0 Å². The number of hydrogen-bond acceptors (Lipinski definition) is 0. The van der Waals surface area contributed by atoms with Crippen LogP contribution in [-0.4, -0.2) is 46.4 Å². The van der Waals surface area contributed by atoms with Crippen LogP contribution in [0, 0.1) is 0 Å². The third-order valence-electron chi connectivity index (χ3n) is 1.53. The van der Waals surface area contributed by atoms with Gasteiger partial charge in [0.15, 0.2) is 0 Å². The first kappa shape index (κ1) is 14.1. The summed E-state index contributed by atoms with van der Waals surface area (Å²) in [5.41, 5.74) is 0. The topological polar surface area (TPSA) is 0 Å². The van der Waals surface area contributed by atoms with Crippen molar-refractivity contribution in [3.63, 3.8) is 0 Å². The van der Waals surface area contributed by atoms with E-state index in [9.17, 15) is 0 Å². The Morgan fingerprint density at radius 3 is 1.90 bits per heavy atom. The molecule has 0 aromatic rings. The van der Waals surface area contributed by atoms with Crippen LogP contribution in [0.25, 0.3) is 0 Å². The van der Waals surface area contributed by atoms with E-state index < -0.39 is 0 Å². The Labute approximate surface area is 95.6 Å². The standard InChI is InChI=1S/C8H17.2Sn/c1-3-5-7-8-6-4-2;;/h1,3-8H2,2H3;;. The summed E-state index contributed by atoms with van der Waals surface area (Å²) in [5.74, 6) is 0. The average molecular weight is 351 g/mol. The number of unbranched alkanes of at least 4 members (excludes halogenated alkanes) is 5. The molecule has 0 aliphatic carbocycles. The van der Waals surface area contributed by atoms with Gasteiger partial charge < -0.3 is 0 Å². The summed E-state index contributed by atoms with van der Waals surface area (Å²) in [5, 5.41) is 0. The van der Waals surface area contributed by atoms with Crippen LogP contribution >= 0.6 is 0 Å². The Bertz CT molecular complexity index is 40.5. The quantitative estimate of drug-likeness (QED) is 0.510. The summed E-state index contributed by atoms with van der Waals surface area (Å²) < 4.78 is 1.46. The molecular formula is C8H17Sn2. The second-order valence-electron chi connectivity index (χ2n) is 2.52. The van der Waals surface area contributed by atoms with Crippen LogP contribution in [-0.2, 0) is 0 Å². The molecule has 0 unspecified atom stereocenters. The average Bonchev–Trinajstić information content (AvgIpc) is 1.89. The van der Waals surface area contributed by atoms with Gasteiger partial charge in [-0.15, -0.1) is 0 Å². The van der Waals surface area contributed by atoms with Gasteiger partial charge >= 0.3 is 72.4 Å². The summed E-state index contributed by atoms with van der Waals surface area (Å²) in [6.45, 7) is 2.27. The van der Waals surface area contributed by atoms with Crippen molar-refractivity contribution in [2.45, 2.75) is 49.9 Å². The summed E-state index contributed by atoms with van der Waals surface area (Å²) >= 11 is 1.71. The maximum Gasteiger partial charge on any atom is 0 e. The van der Waals surface area contributed by atoms with Gasteiger partial charge in [-0.1, -0.05) is 0 Å². The predicted molar refractivity (Wildman–Crippen MR) is 49.7 cm³/mol. The second kappa shape index (κ2) is 13.2. The molecule has 2 heteroatoms. The zero-order valence-electron chi connectivity index (χ0n) is 6.95. The van der Waals surface area contributed by atoms with Gasteiger partial charge in [0.1, 0.15) is 0 Å². The fourth-order valence-electron chi connectivity index (χ4n) is 0.905. The monoisotopic (exact) mass is 353 g/mol. The molecular weight excluding hydrogens is 334 g/mol. The first-order valence-corrected chi connectivity index (χ1v) is 6.08. The number of rotatable bonds is 6. The third-order valence-corrected chi connectivity index (χ3v) is 2.54. The first-order chi connectivity index (χ1) is 4.41. The van der Waals surface area contributed by atoms with Crippen molar-refractivity contribution in [3.05, 3.63) is 0 Å². The minimum atomic E-state index is 0. The van der Waals surface area contributed by atoms with Gasteiger partial charge in [-0.25, -0.2) is 0 Å². The van der Waals surface area contributed by atoms with E-state index >= 15 is 0 Å². The van der Waals surface area contributed by atoms with Crippen LogP contribution in [0.15, 0.2) is 0 Å². The van der Waals surface area contributed by atoms with Gasteiger partial charge in [0.2, 0.25) is 0 Å². The molecule has 0 saturated carbocycles. The first-order valence-electron chi connectivity index (χ1n) is 4.06. The van der Waals surface area contributed by atoms with E-state index in [2.05, 4.69) is 6.92 Å². The van der Waals surface area contributed by atoms with Crippen LogP contribution < -0.4 is 0 Å². The molecule has 0 N–H and O–H groups in total. The molecule has 0 aliphatic rings. The van der Waals surface area contributed by atoms with Crippen molar-refractivity contribution in [2.24, 2.45) is 0 Å². The van der Waals surface area contributed by atoms with Crippen molar-refractivity contribution in [1.29, 1.82) is 0 Å². The smallest absolute Gasteiger partial charge is 0 e. The molecule has 0 bridgehead atoms. The third kappa shape index (κ3) is 12.3. The van der Waals surface area contributed by atoms with E-state index in [1.807, 2.05) is 0 Å². The Hall–Kier alpha value is 1.60. The molecule has 0 aromatic heterocycles. The Balaban J connectivity index is 0. The molecule has 10 heavy (non-hydrogen) atoms. The van der Waals surface area contributed by atoms with E-state index in [-0.39, 0.29) is 23.9 Å². The van der Waals surface area contributed by atoms with Crippen molar-refractivity contribution >= 4 is 46.4 Å². The maximum absolute atomic E-state index is 2.27. The Morgan fingerprint density at radius 1 is 0.900 bits per heavy atom. The normalized spacial score (nSPS) is 9.00. The molecule has 0 heterocycles. The van der Waals surface area contributed by atoms with Crippen LogP contribution in [0.3, 0.4) is 0 Å². The molecule has 0 spiro atoms. The number of hydrogen-bond donors (Lipinski definition) is 0. The summed E-state index contributed by atoms with van der Waals surface area (Å²) in [4.78, 5) is 0. The molecule has 0 atom stereocenters. The van der Waals surface area contributed by atoms with E-state index in [1.165, 1.54) is 43.0 Å². The van der Waals surface area contributed by atoms with Crippen molar-refractivity contribution in [3.8, 4) is 0 Å². The van der Waals surface area contributed by atoms with Gasteiger partial charge in [-0.05, 0) is 0 Å². The molecule has 0 aromatic carbocycles. The Kier molecular flexibility index (Phi) is 18.7.